The summed E-state index contributed by atoms with van der Waals surface area (Å²) in [6.45, 7) is 4.00. The summed E-state index contributed by atoms with van der Waals surface area (Å²) in [5.74, 6) is -0.136. The molecule has 0 radical (unpaired) electrons. The van der Waals surface area contributed by atoms with Crippen LogP contribution in [0.4, 0.5) is 0 Å². The number of piperidine rings is 1. The number of carboxylic acids is 1. The molecule has 31 heavy (non-hydrogen) atoms. The number of ether oxygens (including phenoxy) is 1. The van der Waals surface area contributed by atoms with Gasteiger partial charge in [-0.2, -0.15) is 0 Å². The number of hydrogen-bond acceptors (Lipinski definition) is 4. The molecular weight excluding hydrogens is 388 g/mol. The molecule has 1 fully saturated rings. The van der Waals surface area contributed by atoms with Crippen molar-refractivity contribution in [2.24, 2.45) is 5.92 Å². The number of benzene rings is 2. The van der Waals surface area contributed by atoms with Crippen molar-refractivity contribution in [3.05, 3.63) is 95.3 Å². The van der Waals surface area contributed by atoms with Gasteiger partial charge in [0.1, 0.15) is 12.4 Å². The summed E-state index contributed by atoms with van der Waals surface area (Å²) in [6, 6.07) is 22.4. The van der Waals surface area contributed by atoms with Gasteiger partial charge in [0.05, 0.1) is 17.7 Å². The van der Waals surface area contributed by atoms with Crippen molar-refractivity contribution in [1.29, 1.82) is 0 Å². The molecule has 1 aromatic heterocycles. The molecule has 5 nitrogen and oxygen atoms in total. The molecule has 0 bridgehead atoms. The van der Waals surface area contributed by atoms with E-state index in [9.17, 15) is 9.90 Å². The maximum Gasteiger partial charge on any atom is 0.306 e. The highest BCUT2D eigenvalue weighted by atomic mass is 16.5. The van der Waals surface area contributed by atoms with E-state index in [0.717, 1.165) is 41.2 Å². The van der Waals surface area contributed by atoms with Gasteiger partial charge >= 0.3 is 5.97 Å². The van der Waals surface area contributed by atoms with Gasteiger partial charge in [-0.05, 0) is 67.7 Å². The Hall–Kier alpha value is -3.18. The smallest absolute Gasteiger partial charge is 0.306 e. The normalized spacial score (nSPS) is 16.0. The maximum absolute atomic E-state index is 11.4. The SMILES string of the molecule is Cc1ccc(C(c2cccc(OCc3ccccc3)c2)N2CCC(C(=O)O)CC2)nc1. The van der Waals surface area contributed by atoms with Crippen molar-refractivity contribution in [2.75, 3.05) is 13.1 Å². The van der Waals surface area contributed by atoms with Crippen LogP contribution in [-0.4, -0.2) is 34.0 Å². The predicted molar refractivity (Wildman–Crippen MR) is 120 cm³/mol. The second-order valence-corrected chi connectivity index (χ2v) is 8.16. The lowest BCUT2D eigenvalue weighted by molar-refractivity contribution is -0.143. The van der Waals surface area contributed by atoms with Gasteiger partial charge in [0.2, 0.25) is 0 Å². The van der Waals surface area contributed by atoms with Crippen molar-refractivity contribution < 1.29 is 14.6 Å². The Balaban J connectivity index is 1.58. The molecule has 1 atom stereocenters. The van der Waals surface area contributed by atoms with Gasteiger partial charge in [0.25, 0.3) is 0 Å². The van der Waals surface area contributed by atoms with Crippen LogP contribution in [0.1, 0.15) is 41.3 Å². The van der Waals surface area contributed by atoms with Crippen LogP contribution in [0.15, 0.2) is 72.9 Å². The van der Waals surface area contributed by atoms with Crippen LogP contribution < -0.4 is 4.74 Å². The summed E-state index contributed by atoms with van der Waals surface area (Å²) in [6.07, 6.45) is 3.20. The third-order valence-electron chi connectivity index (χ3n) is 5.88. The fraction of sp³-hybridized carbons (Fsp3) is 0.308. The van der Waals surface area contributed by atoms with Crippen molar-refractivity contribution in [1.82, 2.24) is 9.88 Å². The first-order chi connectivity index (χ1) is 15.1. The predicted octanol–water partition coefficient (Wildman–Crippen LogP) is 4.86. The Morgan fingerprint density at radius 3 is 2.55 bits per heavy atom. The number of carbonyl (C=O) groups is 1. The van der Waals surface area contributed by atoms with E-state index in [0.29, 0.717) is 19.4 Å². The number of aliphatic carboxylic acids is 1. The minimum atomic E-state index is -0.694. The Morgan fingerprint density at radius 2 is 1.87 bits per heavy atom. The van der Waals surface area contributed by atoms with E-state index in [1.54, 1.807) is 0 Å². The molecule has 1 aliphatic heterocycles. The van der Waals surface area contributed by atoms with Crippen LogP contribution in [0.2, 0.25) is 0 Å². The fourth-order valence-corrected chi connectivity index (χ4v) is 4.13. The summed E-state index contributed by atoms with van der Waals surface area (Å²) in [7, 11) is 0. The molecule has 1 N–H and O–H groups in total. The average Bonchev–Trinajstić information content (AvgIpc) is 2.80. The molecule has 2 heterocycles. The second-order valence-electron chi connectivity index (χ2n) is 8.16. The summed E-state index contributed by atoms with van der Waals surface area (Å²) < 4.78 is 6.06. The molecule has 1 unspecified atom stereocenters. The van der Waals surface area contributed by atoms with Crippen molar-refractivity contribution in [3.8, 4) is 5.75 Å². The van der Waals surface area contributed by atoms with E-state index in [2.05, 4.69) is 41.3 Å². The van der Waals surface area contributed by atoms with Gasteiger partial charge < -0.3 is 9.84 Å². The van der Waals surface area contributed by atoms with E-state index in [4.69, 9.17) is 9.72 Å². The number of pyridine rings is 1. The van der Waals surface area contributed by atoms with Crippen LogP contribution in [0.3, 0.4) is 0 Å². The highest BCUT2D eigenvalue weighted by molar-refractivity contribution is 5.70. The molecular formula is C26H28N2O3. The van der Waals surface area contributed by atoms with Gasteiger partial charge in [-0.1, -0.05) is 48.5 Å². The maximum atomic E-state index is 11.4. The highest BCUT2D eigenvalue weighted by Crippen LogP contribution is 2.33. The number of likely N-dealkylation sites (tertiary alicyclic amines) is 1. The first kappa shape index (κ1) is 21.1. The monoisotopic (exact) mass is 416 g/mol. The lowest BCUT2D eigenvalue weighted by Gasteiger charge is -2.36. The molecule has 5 heteroatoms. The second kappa shape index (κ2) is 9.75. The first-order valence-electron chi connectivity index (χ1n) is 10.8. The van der Waals surface area contributed by atoms with Gasteiger partial charge in [-0.3, -0.25) is 14.7 Å². The standard InChI is InChI=1S/C26H28N2O3/c1-19-10-11-24(27-17-19)25(28-14-12-21(13-15-28)26(29)30)22-8-5-9-23(16-22)31-18-20-6-3-2-4-7-20/h2-11,16-17,21,25H,12-15,18H2,1H3,(H,29,30). The lowest BCUT2D eigenvalue weighted by atomic mass is 9.93. The van der Waals surface area contributed by atoms with Crippen LogP contribution >= 0.6 is 0 Å². The average molecular weight is 417 g/mol. The quantitative estimate of drug-likeness (QED) is 0.596. The minimum absolute atomic E-state index is 0.0318. The molecule has 0 spiro atoms. The van der Waals surface area contributed by atoms with E-state index in [1.165, 1.54) is 0 Å². The zero-order valence-electron chi connectivity index (χ0n) is 17.8. The van der Waals surface area contributed by atoms with Crippen molar-refractivity contribution >= 4 is 5.97 Å². The molecule has 2 aromatic carbocycles. The number of aryl methyl sites for hydroxylation is 1. The lowest BCUT2D eigenvalue weighted by Crippen LogP contribution is -2.39. The van der Waals surface area contributed by atoms with Gasteiger partial charge in [-0.25, -0.2) is 0 Å². The van der Waals surface area contributed by atoms with Gasteiger partial charge in [-0.15, -0.1) is 0 Å². The third-order valence-corrected chi connectivity index (χ3v) is 5.88. The van der Waals surface area contributed by atoms with Crippen LogP contribution in [0.25, 0.3) is 0 Å². The number of rotatable bonds is 7. The summed E-state index contributed by atoms with van der Waals surface area (Å²) in [5, 5.41) is 9.37. The Labute approximate surface area is 183 Å². The molecule has 4 rings (SSSR count). The summed E-state index contributed by atoms with van der Waals surface area (Å²) >= 11 is 0. The van der Waals surface area contributed by atoms with Crippen molar-refractivity contribution in [3.63, 3.8) is 0 Å². The van der Waals surface area contributed by atoms with Crippen molar-refractivity contribution in [2.45, 2.75) is 32.4 Å². The Kier molecular flexibility index (Phi) is 6.63. The summed E-state index contributed by atoms with van der Waals surface area (Å²) in [5.41, 5.74) is 4.32. The molecule has 1 aliphatic rings. The Bertz CT molecular complexity index is 997. The zero-order valence-corrected chi connectivity index (χ0v) is 17.8. The van der Waals surface area contributed by atoms with Crippen LogP contribution in [-0.2, 0) is 11.4 Å². The van der Waals surface area contributed by atoms with Gasteiger partial charge in [0.15, 0.2) is 0 Å². The fourth-order valence-electron chi connectivity index (χ4n) is 4.13. The number of nitrogens with zero attached hydrogens (tertiary/aromatic N) is 2. The largest absolute Gasteiger partial charge is 0.489 e. The Morgan fingerprint density at radius 1 is 1.10 bits per heavy atom. The zero-order chi connectivity index (χ0) is 21.6. The molecule has 0 aliphatic carbocycles. The number of hydrogen-bond donors (Lipinski definition) is 1. The van der Waals surface area contributed by atoms with Crippen LogP contribution in [0.5, 0.6) is 5.75 Å². The number of carboxylic acid groups (broad SMARTS) is 1. The molecule has 3 aromatic rings. The van der Waals surface area contributed by atoms with Gasteiger partial charge in [0, 0.05) is 6.20 Å². The molecule has 1 saturated heterocycles. The van der Waals surface area contributed by atoms with E-state index in [1.807, 2.05) is 43.5 Å². The topological polar surface area (TPSA) is 62.7 Å². The van der Waals surface area contributed by atoms with E-state index < -0.39 is 5.97 Å². The van der Waals surface area contributed by atoms with Crippen LogP contribution in [0, 0.1) is 12.8 Å². The molecule has 160 valence electrons. The summed E-state index contributed by atoms with van der Waals surface area (Å²) in [4.78, 5) is 18.4. The third kappa shape index (κ3) is 5.30. The number of aromatic nitrogens is 1. The molecule has 0 saturated carbocycles. The minimum Gasteiger partial charge on any atom is -0.489 e. The van der Waals surface area contributed by atoms with E-state index >= 15 is 0 Å². The molecule has 0 amide bonds. The first-order valence-corrected chi connectivity index (χ1v) is 10.8. The van der Waals surface area contributed by atoms with E-state index in [-0.39, 0.29) is 12.0 Å². The highest BCUT2D eigenvalue weighted by Gasteiger charge is 2.31.